The number of hydrogen-bond acceptors (Lipinski definition) is 4. The number of carbonyl (C=O) groups excluding carboxylic acids is 2. The molecule has 1 aromatic heterocycles. The minimum Gasteiger partial charge on any atom is -0.459 e. The van der Waals surface area contributed by atoms with E-state index in [1.54, 1.807) is 18.0 Å². The fourth-order valence-electron chi connectivity index (χ4n) is 3.15. The normalized spacial score (nSPS) is 14.8. The summed E-state index contributed by atoms with van der Waals surface area (Å²) in [5.74, 6) is 1.12. The molecule has 0 aliphatic carbocycles. The monoisotopic (exact) mass is 386 g/mol. The lowest BCUT2D eigenvalue weighted by Gasteiger charge is -2.20. The van der Waals surface area contributed by atoms with Crippen LogP contribution in [0.25, 0.3) is 0 Å². The predicted octanol–water partition coefficient (Wildman–Crippen LogP) is 4.09. The van der Waals surface area contributed by atoms with Gasteiger partial charge < -0.3 is 14.6 Å². The number of benzene rings is 1. The first-order valence-electron chi connectivity index (χ1n) is 9.54. The molecule has 2 amide bonds. The van der Waals surface area contributed by atoms with E-state index in [1.807, 2.05) is 29.2 Å². The number of thioether (sulfide) groups is 1. The van der Waals surface area contributed by atoms with Crippen molar-refractivity contribution >= 4 is 23.6 Å². The molecule has 1 N–H and O–H groups in total. The molecule has 0 spiro atoms. The maximum absolute atomic E-state index is 12.4. The molecular formula is C21H26N2O3S. The standard InChI is InChI=1S/C21H26N2O3S/c24-19-10-5-2-6-13-23(19)14-7-12-22-21(25)20-17(11-15-26-20)16-27-18-8-3-1-4-9-18/h1,3-4,8-9,11,15H,2,5-7,10,12-14,16H2,(H,22,25). The average molecular weight is 387 g/mol. The van der Waals surface area contributed by atoms with Gasteiger partial charge in [-0.15, -0.1) is 11.8 Å². The molecule has 27 heavy (non-hydrogen) atoms. The molecule has 3 rings (SSSR count). The van der Waals surface area contributed by atoms with Gasteiger partial charge in [-0.1, -0.05) is 24.6 Å². The summed E-state index contributed by atoms with van der Waals surface area (Å²) in [6.07, 6.45) is 6.17. The molecule has 0 radical (unpaired) electrons. The highest BCUT2D eigenvalue weighted by Gasteiger charge is 2.17. The van der Waals surface area contributed by atoms with Crippen molar-refractivity contribution in [1.82, 2.24) is 10.2 Å². The summed E-state index contributed by atoms with van der Waals surface area (Å²) in [7, 11) is 0. The van der Waals surface area contributed by atoms with Crippen molar-refractivity contribution in [2.24, 2.45) is 0 Å². The van der Waals surface area contributed by atoms with Crippen molar-refractivity contribution < 1.29 is 14.0 Å². The lowest BCUT2D eigenvalue weighted by Crippen LogP contribution is -2.34. The van der Waals surface area contributed by atoms with E-state index in [9.17, 15) is 9.59 Å². The SMILES string of the molecule is O=C(NCCCN1CCCCCC1=O)c1occc1CSc1ccccc1. The van der Waals surface area contributed by atoms with Crippen molar-refractivity contribution in [2.45, 2.75) is 42.8 Å². The molecule has 0 atom stereocenters. The van der Waals surface area contributed by atoms with Gasteiger partial charge in [0.2, 0.25) is 5.91 Å². The molecule has 144 valence electrons. The topological polar surface area (TPSA) is 62.6 Å². The second kappa shape index (κ2) is 10.2. The summed E-state index contributed by atoms with van der Waals surface area (Å²) < 4.78 is 5.41. The Morgan fingerprint density at radius 1 is 1.15 bits per heavy atom. The quantitative estimate of drug-likeness (QED) is 0.548. The highest BCUT2D eigenvalue weighted by molar-refractivity contribution is 7.98. The lowest BCUT2D eigenvalue weighted by molar-refractivity contribution is -0.130. The Labute approximate surface area is 164 Å². The largest absolute Gasteiger partial charge is 0.459 e. The van der Waals surface area contributed by atoms with Gasteiger partial charge in [-0.3, -0.25) is 9.59 Å². The number of rotatable bonds is 8. The number of nitrogens with zero attached hydrogens (tertiary/aromatic N) is 1. The minimum atomic E-state index is -0.189. The summed E-state index contributed by atoms with van der Waals surface area (Å²) in [4.78, 5) is 27.5. The Balaban J connectivity index is 1.43. The molecule has 1 aliphatic heterocycles. The molecule has 2 heterocycles. The second-order valence-electron chi connectivity index (χ2n) is 6.68. The van der Waals surface area contributed by atoms with Crippen LogP contribution in [0.15, 0.2) is 52.0 Å². The van der Waals surface area contributed by atoms with E-state index in [0.717, 1.165) is 42.7 Å². The van der Waals surface area contributed by atoms with Crippen LogP contribution in [-0.4, -0.2) is 36.3 Å². The van der Waals surface area contributed by atoms with E-state index < -0.39 is 0 Å². The van der Waals surface area contributed by atoms with Gasteiger partial charge >= 0.3 is 0 Å². The van der Waals surface area contributed by atoms with E-state index in [0.29, 0.717) is 31.0 Å². The third-order valence-electron chi connectivity index (χ3n) is 4.65. The van der Waals surface area contributed by atoms with Gasteiger partial charge in [0.1, 0.15) is 0 Å². The number of nitrogens with one attached hydrogen (secondary N) is 1. The van der Waals surface area contributed by atoms with E-state index in [2.05, 4.69) is 17.4 Å². The molecule has 1 saturated heterocycles. The highest BCUT2D eigenvalue weighted by atomic mass is 32.2. The molecule has 1 aliphatic rings. The maximum Gasteiger partial charge on any atom is 0.287 e. The van der Waals surface area contributed by atoms with Crippen molar-refractivity contribution in [3.05, 3.63) is 54.0 Å². The number of likely N-dealkylation sites (tertiary alicyclic amines) is 1. The van der Waals surface area contributed by atoms with Crippen LogP contribution < -0.4 is 5.32 Å². The average Bonchev–Trinajstić information content (AvgIpc) is 3.07. The van der Waals surface area contributed by atoms with Crippen LogP contribution in [0.2, 0.25) is 0 Å². The summed E-state index contributed by atoms with van der Waals surface area (Å²) in [6, 6.07) is 11.9. The first-order valence-corrected chi connectivity index (χ1v) is 10.5. The van der Waals surface area contributed by atoms with Gasteiger partial charge in [0.25, 0.3) is 5.91 Å². The lowest BCUT2D eigenvalue weighted by atomic mass is 10.2. The van der Waals surface area contributed by atoms with Crippen LogP contribution in [0.3, 0.4) is 0 Å². The van der Waals surface area contributed by atoms with Gasteiger partial charge in [-0.05, 0) is 37.5 Å². The van der Waals surface area contributed by atoms with Gasteiger partial charge in [0.15, 0.2) is 5.76 Å². The molecule has 6 heteroatoms. The molecule has 0 saturated carbocycles. The molecule has 2 aromatic rings. The Morgan fingerprint density at radius 3 is 2.85 bits per heavy atom. The van der Waals surface area contributed by atoms with Crippen LogP contribution in [0.1, 0.15) is 48.2 Å². The van der Waals surface area contributed by atoms with Crippen LogP contribution in [-0.2, 0) is 10.5 Å². The Kier molecular flexibility index (Phi) is 7.39. The van der Waals surface area contributed by atoms with E-state index >= 15 is 0 Å². The zero-order chi connectivity index (χ0) is 18.9. The zero-order valence-electron chi connectivity index (χ0n) is 15.5. The smallest absolute Gasteiger partial charge is 0.287 e. The number of carbonyl (C=O) groups is 2. The van der Waals surface area contributed by atoms with Crippen molar-refractivity contribution in [3.63, 3.8) is 0 Å². The maximum atomic E-state index is 12.4. The summed E-state index contributed by atoms with van der Waals surface area (Å²) in [6.45, 7) is 2.08. The fraction of sp³-hybridized carbons (Fsp3) is 0.429. The van der Waals surface area contributed by atoms with Crippen LogP contribution in [0.5, 0.6) is 0 Å². The van der Waals surface area contributed by atoms with E-state index in [4.69, 9.17) is 4.42 Å². The van der Waals surface area contributed by atoms with Gasteiger partial charge in [-0.2, -0.15) is 0 Å². The van der Waals surface area contributed by atoms with Crippen LogP contribution >= 0.6 is 11.8 Å². The Hall–Kier alpha value is -2.21. The third-order valence-corrected chi connectivity index (χ3v) is 5.71. The Bertz CT molecular complexity index is 745. The molecule has 1 fully saturated rings. The number of hydrogen-bond donors (Lipinski definition) is 1. The zero-order valence-corrected chi connectivity index (χ0v) is 16.3. The molecule has 0 unspecified atom stereocenters. The first kappa shape index (κ1) is 19.5. The van der Waals surface area contributed by atoms with Crippen LogP contribution in [0.4, 0.5) is 0 Å². The Morgan fingerprint density at radius 2 is 2.00 bits per heavy atom. The highest BCUT2D eigenvalue weighted by Crippen LogP contribution is 2.24. The molecule has 5 nitrogen and oxygen atoms in total. The molecule has 0 bridgehead atoms. The summed E-state index contributed by atoms with van der Waals surface area (Å²) >= 11 is 1.67. The van der Waals surface area contributed by atoms with E-state index in [-0.39, 0.29) is 11.8 Å². The minimum absolute atomic E-state index is 0.189. The second-order valence-corrected chi connectivity index (χ2v) is 7.73. The summed E-state index contributed by atoms with van der Waals surface area (Å²) in [5.41, 5.74) is 0.893. The van der Waals surface area contributed by atoms with Gasteiger partial charge in [0.05, 0.1) is 6.26 Å². The molecular weight excluding hydrogens is 360 g/mol. The number of amides is 2. The predicted molar refractivity (Wildman–Crippen MR) is 107 cm³/mol. The van der Waals surface area contributed by atoms with Gasteiger partial charge in [0, 0.05) is 42.3 Å². The van der Waals surface area contributed by atoms with E-state index in [1.165, 1.54) is 0 Å². The third kappa shape index (κ3) is 5.89. The number of furan rings is 1. The van der Waals surface area contributed by atoms with Crippen molar-refractivity contribution in [2.75, 3.05) is 19.6 Å². The molecule has 1 aromatic carbocycles. The fourth-order valence-corrected chi connectivity index (χ4v) is 4.05. The summed E-state index contributed by atoms with van der Waals surface area (Å²) in [5, 5.41) is 2.91. The van der Waals surface area contributed by atoms with Crippen LogP contribution in [0, 0.1) is 0 Å². The first-order chi connectivity index (χ1) is 13.2. The van der Waals surface area contributed by atoms with Gasteiger partial charge in [-0.25, -0.2) is 0 Å². The van der Waals surface area contributed by atoms with Crippen molar-refractivity contribution in [3.8, 4) is 0 Å². The van der Waals surface area contributed by atoms with Crippen molar-refractivity contribution in [1.29, 1.82) is 0 Å².